The van der Waals surface area contributed by atoms with Gasteiger partial charge < -0.3 is 20.1 Å². The Bertz CT molecular complexity index is 762. The van der Waals surface area contributed by atoms with Crippen LogP contribution in [0.3, 0.4) is 0 Å². The topological polar surface area (TPSA) is 76.7 Å². The van der Waals surface area contributed by atoms with Crippen LogP contribution in [0.4, 0.5) is 0 Å². The van der Waals surface area contributed by atoms with Crippen molar-refractivity contribution in [3.05, 3.63) is 59.7 Å². The van der Waals surface area contributed by atoms with E-state index >= 15 is 0 Å². The molecule has 6 heteroatoms. The van der Waals surface area contributed by atoms with Crippen LogP contribution in [0.1, 0.15) is 29.3 Å². The Morgan fingerprint density at radius 1 is 1.00 bits per heavy atom. The number of ether oxygens (including phenoxy) is 2. The fourth-order valence-corrected chi connectivity index (χ4v) is 2.67. The Kier molecular flexibility index (Phi) is 7.67. The zero-order valence-electron chi connectivity index (χ0n) is 16.0. The van der Waals surface area contributed by atoms with Crippen molar-refractivity contribution in [3.8, 4) is 11.5 Å². The molecule has 0 heterocycles. The van der Waals surface area contributed by atoms with Gasteiger partial charge in [-0.2, -0.15) is 0 Å². The lowest BCUT2D eigenvalue weighted by Gasteiger charge is -2.14. The lowest BCUT2D eigenvalue weighted by Crippen LogP contribution is -2.41. The third-order valence-corrected chi connectivity index (χ3v) is 4.17. The van der Waals surface area contributed by atoms with Crippen LogP contribution in [0.5, 0.6) is 11.5 Å². The normalized spacial score (nSPS) is 11.4. The highest BCUT2D eigenvalue weighted by Crippen LogP contribution is 2.27. The molecular formula is C21H26N2O4. The smallest absolute Gasteiger partial charge is 0.251 e. The standard InChI is InChI=1S/C21H26N2O4/c1-15(9-10-16-7-5-4-6-8-16)23-20(24)14-22-21(25)17-11-12-18(26-2)19(13-17)27-3/h4-8,11-13,15H,9-10,14H2,1-3H3,(H,22,25)(H,23,24)/t15-/m1/s1. The van der Waals surface area contributed by atoms with E-state index in [0.717, 1.165) is 12.8 Å². The third kappa shape index (κ3) is 6.33. The molecule has 144 valence electrons. The van der Waals surface area contributed by atoms with Crippen LogP contribution in [0.2, 0.25) is 0 Å². The van der Waals surface area contributed by atoms with Crippen LogP contribution in [-0.4, -0.2) is 38.6 Å². The van der Waals surface area contributed by atoms with E-state index in [-0.39, 0.29) is 24.4 Å². The number of carbonyl (C=O) groups excluding carboxylic acids is 2. The molecule has 0 aromatic heterocycles. The predicted octanol–water partition coefficient (Wildman–Crippen LogP) is 2.57. The first-order valence-corrected chi connectivity index (χ1v) is 8.87. The highest BCUT2D eigenvalue weighted by Gasteiger charge is 2.13. The van der Waals surface area contributed by atoms with E-state index in [9.17, 15) is 9.59 Å². The van der Waals surface area contributed by atoms with Gasteiger partial charge in [0.15, 0.2) is 11.5 Å². The maximum atomic E-state index is 12.2. The van der Waals surface area contributed by atoms with Gasteiger partial charge in [-0.1, -0.05) is 30.3 Å². The fraction of sp³-hybridized carbons (Fsp3) is 0.333. The van der Waals surface area contributed by atoms with Crippen molar-refractivity contribution in [1.29, 1.82) is 0 Å². The van der Waals surface area contributed by atoms with Gasteiger partial charge in [-0.15, -0.1) is 0 Å². The highest BCUT2D eigenvalue weighted by atomic mass is 16.5. The van der Waals surface area contributed by atoms with Gasteiger partial charge in [0, 0.05) is 11.6 Å². The molecule has 0 spiro atoms. The highest BCUT2D eigenvalue weighted by molar-refractivity contribution is 5.97. The van der Waals surface area contributed by atoms with Crippen molar-refractivity contribution >= 4 is 11.8 Å². The predicted molar refractivity (Wildman–Crippen MR) is 104 cm³/mol. The summed E-state index contributed by atoms with van der Waals surface area (Å²) >= 11 is 0. The molecule has 0 aliphatic carbocycles. The Morgan fingerprint density at radius 2 is 1.70 bits per heavy atom. The van der Waals surface area contributed by atoms with Crippen molar-refractivity contribution in [2.45, 2.75) is 25.8 Å². The van der Waals surface area contributed by atoms with Crippen LogP contribution in [0.25, 0.3) is 0 Å². The van der Waals surface area contributed by atoms with Crippen LogP contribution in [-0.2, 0) is 11.2 Å². The first kappa shape index (κ1) is 20.3. The zero-order valence-corrected chi connectivity index (χ0v) is 16.0. The van der Waals surface area contributed by atoms with Gasteiger partial charge in [-0.3, -0.25) is 9.59 Å². The molecule has 2 N–H and O–H groups in total. The summed E-state index contributed by atoms with van der Waals surface area (Å²) in [6, 6.07) is 15.0. The van der Waals surface area contributed by atoms with E-state index in [2.05, 4.69) is 22.8 Å². The SMILES string of the molecule is COc1ccc(C(=O)NCC(=O)N[C@H](C)CCc2ccccc2)cc1OC. The van der Waals surface area contributed by atoms with Crippen molar-refractivity contribution in [2.75, 3.05) is 20.8 Å². The molecule has 0 radical (unpaired) electrons. The maximum Gasteiger partial charge on any atom is 0.251 e. The number of aryl methyl sites for hydroxylation is 1. The number of nitrogens with one attached hydrogen (secondary N) is 2. The van der Waals surface area contributed by atoms with Crippen LogP contribution >= 0.6 is 0 Å². The first-order chi connectivity index (χ1) is 13.0. The second-order valence-corrected chi connectivity index (χ2v) is 6.25. The Morgan fingerprint density at radius 3 is 2.37 bits per heavy atom. The van der Waals surface area contributed by atoms with Crippen LogP contribution in [0.15, 0.2) is 48.5 Å². The number of hydrogen-bond donors (Lipinski definition) is 2. The molecular weight excluding hydrogens is 344 g/mol. The molecule has 0 unspecified atom stereocenters. The Labute approximate surface area is 159 Å². The summed E-state index contributed by atoms with van der Waals surface area (Å²) in [5.74, 6) is 0.440. The van der Waals surface area contributed by atoms with Crippen LogP contribution < -0.4 is 20.1 Å². The van der Waals surface area contributed by atoms with Gasteiger partial charge >= 0.3 is 0 Å². The summed E-state index contributed by atoms with van der Waals surface area (Å²) in [5, 5.41) is 5.52. The summed E-state index contributed by atoms with van der Waals surface area (Å²) in [4.78, 5) is 24.3. The van der Waals surface area contributed by atoms with E-state index < -0.39 is 0 Å². The molecule has 0 aliphatic heterocycles. The molecule has 0 saturated heterocycles. The Balaban J connectivity index is 1.78. The molecule has 6 nitrogen and oxygen atoms in total. The number of carbonyl (C=O) groups is 2. The van der Waals surface area contributed by atoms with Gasteiger partial charge in [0.05, 0.1) is 20.8 Å². The summed E-state index contributed by atoms with van der Waals surface area (Å²) in [6.45, 7) is 1.87. The molecule has 2 amide bonds. The van der Waals surface area contributed by atoms with Gasteiger partial charge in [0.25, 0.3) is 5.91 Å². The number of benzene rings is 2. The third-order valence-electron chi connectivity index (χ3n) is 4.17. The molecule has 27 heavy (non-hydrogen) atoms. The monoisotopic (exact) mass is 370 g/mol. The van der Waals surface area contributed by atoms with E-state index in [1.165, 1.54) is 19.8 Å². The summed E-state index contributed by atoms with van der Waals surface area (Å²) in [7, 11) is 3.03. The first-order valence-electron chi connectivity index (χ1n) is 8.87. The minimum absolute atomic E-state index is 0.0238. The van der Waals surface area contributed by atoms with E-state index in [1.807, 2.05) is 25.1 Å². The average molecular weight is 370 g/mol. The maximum absolute atomic E-state index is 12.2. The van der Waals surface area contributed by atoms with E-state index in [4.69, 9.17) is 9.47 Å². The molecule has 2 aromatic rings. The second-order valence-electron chi connectivity index (χ2n) is 6.25. The largest absolute Gasteiger partial charge is 0.493 e. The van der Waals surface area contributed by atoms with Gasteiger partial charge in [0.1, 0.15) is 0 Å². The summed E-state index contributed by atoms with van der Waals surface area (Å²) in [5.41, 5.74) is 1.64. The Hall–Kier alpha value is -3.02. The zero-order chi connectivity index (χ0) is 19.6. The van der Waals surface area contributed by atoms with E-state index in [0.29, 0.717) is 17.1 Å². The fourth-order valence-electron chi connectivity index (χ4n) is 2.67. The molecule has 2 rings (SSSR count). The quantitative estimate of drug-likeness (QED) is 0.711. The average Bonchev–Trinajstić information content (AvgIpc) is 2.70. The molecule has 2 aromatic carbocycles. The molecule has 0 aliphatic rings. The molecule has 0 fully saturated rings. The molecule has 0 bridgehead atoms. The van der Waals surface area contributed by atoms with Crippen LogP contribution in [0, 0.1) is 0 Å². The lowest BCUT2D eigenvalue weighted by molar-refractivity contribution is -0.120. The number of methoxy groups -OCH3 is 2. The van der Waals surface area contributed by atoms with Crippen molar-refractivity contribution < 1.29 is 19.1 Å². The number of amides is 2. The van der Waals surface area contributed by atoms with Crippen molar-refractivity contribution in [1.82, 2.24) is 10.6 Å². The lowest BCUT2D eigenvalue weighted by atomic mass is 10.1. The van der Waals surface area contributed by atoms with E-state index in [1.54, 1.807) is 18.2 Å². The minimum Gasteiger partial charge on any atom is -0.493 e. The molecule has 0 saturated carbocycles. The minimum atomic E-state index is -0.344. The summed E-state index contributed by atoms with van der Waals surface area (Å²) < 4.78 is 10.3. The van der Waals surface area contributed by atoms with Gasteiger partial charge in [-0.05, 0) is 43.5 Å². The van der Waals surface area contributed by atoms with Gasteiger partial charge in [0.2, 0.25) is 5.91 Å². The van der Waals surface area contributed by atoms with Crippen molar-refractivity contribution in [2.24, 2.45) is 0 Å². The number of hydrogen-bond acceptors (Lipinski definition) is 4. The number of rotatable bonds is 9. The second kappa shape index (κ2) is 10.2. The molecule has 1 atom stereocenters. The van der Waals surface area contributed by atoms with Crippen molar-refractivity contribution in [3.63, 3.8) is 0 Å². The summed E-state index contributed by atoms with van der Waals surface area (Å²) in [6.07, 6.45) is 1.72. The van der Waals surface area contributed by atoms with Gasteiger partial charge in [-0.25, -0.2) is 0 Å².